The summed E-state index contributed by atoms with van der Waals surface area (Å²) in [5, 5.41) is 20.8. The summed E-state index contributed by atoms with van der Waals surface area (Å²) in [5.74, 6) is -0.423. The number of benzene rings is 1. The molecule has 7 heteroatoms. The summed E-state index contributed by atoms with van der Waals surface area (Å²) in [4.78, 5) is 14.2. The van der Waals surface area contributed by atoms with Crippen molar-refractivity contribution in [2.75, 3.05) is 5.43 Å². The lowest BCUT2D eigenvalue weighted by atomic mass is 10.1. The van der Waals surface area contributed by atoms with E-state index in [2.05, 4.69) is 15.5 Å². The Bertz CT molecular complexity index is 768. The number of fused-ring (bicyclic) bond motifs is 1. The maximum atomic E-state index is 11.6. The van der Waals surface area contributed by atoms with E-state index < -0.39 is 5.84 Å². The fourth-order valence-electron chi connectivity index (χ4n) is 1.52. The van der Waals surface area contributed by atoms with Crippen LogP contribution in [0.25, 0.3) is 10.8 Å². The quantitative estimate of drug-likeness (QED) is 0.365. The topological polar surface area (TPSA) is 131 Å². The highest BCUT2D eigenvalue weighted by Gasteiger charge is 2.02. The Hall–Kier alpha value is -3.14. The number of anilines is 1. The zero-order valence-electron chi connectivity index (χ0n) is 9.77. The van der Waals surface area contributed by atoms with Crippen molar-refractivity contribution < 1.29 is 0 Å². The Balaban J connectivity index is 2.38. The van der Waals surface area contributed by atoms with E-state index in [9.17, 15) is 4.79 Å². The van der Waals surface area contributed by atoms with Gasteiger partial charge in [0.15, 0.2) is 5.84 Å². The smallest absolute Gasteiger partial charge is 0.255 e. The molecule has 0 aliphatic carbocycles. The average molecular weight is 254 g/mol. The third kappa shape index (κ3) is 2.58. The van der Waals surface area contributed by atoms with Crippen LogP contribution < -0.4 is 16.7 Å². The second-order valence-electron chi connectivity index (χ2n) is 3.71. The van der Waals surface area contributed by atoms with Gasteiger partial charge in [-0.1, -0.05) is 6.07 Å². The lowest BCUT2D eigenvalue weighted by Crippen LogP contribution is -2.21. The minimum atomic E-state index is -0.423. The average Bonchev–Trinajstić information content (AvgIpc) is 2.40. The third-order valence-corrected chi connectivity index (χ3v) is 2.43. The monoisotopic (exact) mass is 254 g/mol. The van der Waals surface area contributed by atoms with Gasteiger partial charge in [0.25, 0.3) is 5.56 Å². The van der Waals surface area contributed by atoms with Gasteiger partial charge in [-0.2, -0.15) is 10.4 Å². The minimum absolute atomic E-state index is 0.211. The van der Waals surface area contributed by atoms with Gasteiger partial charge >= 0.3 is 0 Å². The zero-order valence-corrected chi connectivity index (χ0v) is 9.77. The number of nitrogens with one attached hydrogen (secondary N) is 3. The first-order valence-electron chi connectivity index (χ1n) is 5.31. The molecular formula is C12H10N6O. The molecule has 1 aromatic carbocycles. The van der Waals surface area contributed by atoms with Gasteiger partial charge in [-0.25, -0.2) is 0 Å². The SMILES string of the molecule is N#C/C(=N\Nc1ccc2cc[nH]c(=O)c2c1)C(=N)N. The first-order valence-corrected chi connectivity index (χ1v) is 5.31. The summed E-state index contributed by atoms with van der Waals surface area (Å²) < 4.78 is 0. The van der Waals surface area contributed by atoms with Crippen molar-refractivity contribution in [2.45, 2.75) is 0 Å². The number of rotatable bonds is 3. The van der Waals surface area contributed by atoms with E-state index in [1.807, 2.05) is 0 Å². The van der Waals surface area contributed by atoms with Gasteiger partial charge in [0, 0.05) is 11.6 Å². The lowest BCUT2D eigenvalue weighted by molar-refractivity contribution is 1.27. The van der Waals surface area contributed by atoms with Crippen LogP contribution in [-0.2, 0) is 0 Å². The van der Waals surface area contributed by atoms with E-state index in [0.29, 0.717) is 11.1 Å². The lowest BCUT2D eigenvalue weighted by Gasteiger charge is -2.02. The highest BCUT2D eigenvalue weighted by atomic mass is 16.1. The first-order chi connectivity index (χ1) is 9.11. The van der Waals surface area contributed by atoms with Crippen molar-refractivity contribution in [3.05, 3.63) is 40.8 Å². The fourth-order valence-corrected chi connectivity index (χ4v) is 1.52. The van der Waals surface area contributed by atoms with E-state index in [1.165, 1.54) is 0 Å². The van der Waals surface area contributed by atoms with Gasteiger partial charge in [-0.15, -0.1) is 0 Å². The number of hydrogen-bond donors (Lipinski definition) is 4. The van der Waals surface area contributed by atoms with Crippen molar-refractivity contribution in [3.63, 3.8) is 0 Å². The maximum Gasteiger partial charge on any atom is 0.255 e. The number of nitriles is 1. The number of nitrogens with two attached hydrogens (primary N) is 1. The second-order valence-corrected chi connectivity index (χ2v) is 3.71. The van der Waals surface area contributed by atoms with Crippen LogP contribution in [0.3, 0.4) is 0 Å². The normalized spacial score (nSPS) is 11.0. The van der Waals surface area contributed by atoms with E-state index in [4.69, 9.17) is 16.4 Å². The highest BCUT2D eigenvalue weighted by molar-refractivity contribution is 6.45. The summed E-state index contributed by atoms with van der Waals surface area (Å²) in [6, 6.07) is 8.53. The molecule has 94 valence electrons. The van der Waals surface area contributed by atoms with E-state index in [-0.39, 0.29) is 11.3 Å². The predicted molar refractivity (Wildman–Crippen MR) is 73.2 cm³/mol. The third-order valence-electron chi connectivity index (χ3n) is 2.43. The number of aromatic amines is 1. The van der Waals surface area contributed by atoms with Crippen LogP contribution >= 0.6 is 0 Å². The molecule has 2 aromatic rings. The fraction of sp³-hybridized carbons (Fsp3) is 0. The standard InChI is InChI=1S/C12H10N6O/c13-6-10(11(14)15)18-17-8-2-1-7-3-4-16-12(19)9(7)5-8/h1-5,17H,(H3,14,15)(H,16,19)/b18-10+. The number of amidine groups is 1. The molecule has 19 heavy (non-hydrogen) atoms. The summed E-state index contributed by atoms with van der Waals surface area (Å²) >= 11 is 0. The number of H-pyrrole nitrogens is 1. The molecule has 0 radical (unpaired) electrons. The Morgan fingerprint density at radius 2 is 2.26 bits per heavy atom. The van der Waals surface area contributed by atoms with Crippen molar-refractivity contribution in [2.24, 2.45) is 10.8 Å². The summed E-state index contributed by atoms with van der Waals surface area (Å²) in [5.41, 5.74) is 7.84. The van der Waals surface area contributed by atoms with Crippen LogP contribution in [0.5, 0.6) is 0 Å². The van der Waals surface area contributed by atoms with Crippen LogP contribution in [0, 0.1) is 16.7 Å². The maximum absolute atomic E-state index is 11.6. The largest absolute Gasteiger partial charge is 0.382 e. The molecule has 0 spiro atoms. The van der Waals surface area contributed by atoms with Gasteiger partial charge in [-0.3, -0.25) is 15.6 Å². The molecule has 0 aliphatic heterocycles. The molecule has 1 heterocycles. The Morgan fingerprint density at radius 1 is 1.47 bits per heavy atom. The zero-order chi connectivity index (χ0) is 13.8. The van der Waals surface area contributed by atoms with Gasteiger partial charge < -0.3 is 10.7 Å². The Kier molecular flexibility index (Phi) is 3.25. The van der Waals surface area contributed by atoms with Crippen molar-refractivity contribution in [1.82, 2.24) is 4.98 Å². The Morgan fingerprint density at radius 3 is 2.95 bits per heavy atom. The molecule has 0 fully saturated rings. The van der Waals surface area contributed by atoms with Crippen molar-refractivity contribution >= 4 is 28.0 Å². The van der Waals surface area contributed by atoms with E-state index in [1.54, 1.807) is 36.5 Å². The van der Waals surface area contributed by atoms with Crippen LogP contribution in [0.2, 0.25) is 0 Å². The van der Waals surface area contributed by atoms with Gasteiger partial charge in [0.2, 0.25) is 5.71 Å². The molecule has 7 nitrogen and oxygen atoms in total. The van der Waals surface area contributed by atoms with Crippen LogP contribution in [0.15, 0.2) is 40.4 Å². The van der Waals surface area contributed by atoms with E-state index in [0.717, 1.165) is 5.39 Å². The minimum Gasteiger partial charge on any atom is -0.382 e. The summed E-state index contributed by atoms with van der Waals surface area (Å²) in [6.45, 7) is 0. The molecular weight excluding hydrogens is 244 g/mol. The van der Waals surface area contributed by atoms with Gasteiger partial charge in [0.05, 0.1) is 5.69 Å². The van der Waals surface area contributed by atoms with Crippen LogP contribution in [-0.4, -0.2) is 16.5 Å². The highest BCUT2D eigenvalue weighted by Crippen LogP contribution is 2.15. The van der Waals surface area contributed by atoms with Gasteiger partial charge in [0.1, 0.15) is 6.07 Å². The molecule has 0 unspecified atom stereocenters. The molecule has 0 aliphatic rings. The number of hydrogen-bond acceptors (Lipinski definition) is 5. The predicted octanol–water partition coefficient (Wildman–Crippen LogP) is 0.756. The molecule has 0 saturated heterocycles. The molecule has 1 aromatic heterocycles. The van der Waals surface area contributed by atoms with Gasteiger partial charge in [-0.05, 0) is 23.6 Å². The van der Waals surface area contributed by atoms with Crippen LogP contribution in [0.1, 0.15) is 0 Å². The van der Waals surface area contributed by atoms with Crippen molar-refractivity contribution in [1.29, 1.82) is 10.7 Å². The second kappa shape index (κ2) is 5.01. The molecule has 0 atom stereocenters. The molecule has 0 amide bonds. The van der Waals surface area contributed by atoms with E-state index >= 15 is 0 Å². The number of pyridine rings is 1. The number of nitrogens with zero attached hydrogens (tertiary/aromatic N) is 2. The molecule has 2 rings (SSSR count). The van der Waals surface area contributed by atoms with Crippen LogP contribution in [0.4, 0.5) is 5.69 Å². The molecule has 5 N–H and O–H groups in total. The summed E-state index contributed by atoms with van der Waals surface area (Å²) in [6.07, 6.45) is 1.57. The van der Waals surface area contributed by atoms with Crippen molar-refractivity contribution in [3.8, 4) is 6.07 Å². The number of aromatic nitrogens is 1. The molecule has 0 bridgehead atoms. The number of hydrazone groups is 1. The first kappa shape index (κ1) is 12.3. The Labute approximate surface area is 107 Å². The summed E-state index contributed by atoms with van der Waals surface area (Å²) in [7, 11) is 0. The molecule has 0 saturated carbocycles.